The summed E-state index contributed by atoms with van der Waals surface area (Å²) in [5.74, 6) is 0.0305. The van der Waals surface area contributed by atoms with E-state index in [1.807, 2.05) is 12.1 Å². The third-order valence-electron chi connectivity index (χ3n) is 5.23. The summed E-state index contributed by atoms with van der Waals surface area (Å²) in [5, 5.41) is 23.0. The molecule has 4 N–H and O–H groups in total. The predicted molar refractivity (Wildman–Crippen MR) is 119 cm³/mol. The van der Waals surface area contributed by atoms with Crippen LogP contribution in [0.15, 0.2) is 66.7 Å². The number of rotatable bonds is 6. The minimum absolute atomic E-state index is 0.0979. The zero-order valence-corrected chi connectivity index (χ0v) is 17.6. The lowest BCUT2D eigenvalue weighted by atomic mass is 9.92. The van der Waals surface area contributed by atoms with Gasteiger partial charge < -0.3 is 19.3 Å². The second-order valence-corrected chi connectivity index (χ2v) is 7.43. The quantitative estimate of drug-likeness (QED) is 0.251. The fourth-order valence-corrected chi connectivity index (χ4v) is 3.62. The van der Waals surface area contributed by atoms with Crippen LogP contribution in [0.3, 0.4) is 0 Å². The largest absolute Gasteiger partial charge is 0.507 e. The smallest absolute Gasteiger partial charge is 0.412 e. The first-order chi connectivity index (χ1) is 16.0. The van der Waals surface area contributed by atoms with Crippen molar-refractivity contribution in [3.8, 4) is 17.2 Å². The zero-order valence-electron chi connectivity index (χ0n) is 17.6. The molecule has 1 aliphatic rings. The summed E-state index contributed by atoms with van der Waals surface area (Å²) in [7, 11) is 0. The van der Waals surface area contributed by atoms with Gasteiger partial charge in [-0.15, -0.1) is 0 Å². The summed E-state index contributed by atoms with van der Waals surface area (Å²) < 4.78 is 16.4. The number of hydroxylamine groups is 1. The fraction of sp³-hybridized carbons (Fsp3) is 0.167. The van der Waals surface area contributed by atoms with Crippen molar-refractivity contribution >= 4 is 28.5 Å². The van der Waals surface area contributed by atoms with Crippen LogP contribution in [-0.2, 0) is 9.53 Å². The van der Waals surface area contributed by atoms with Gasteiger partial charge in [0.2, 0.25) is 6.79 Å². The van der Waals surface area contributed by atoms with Gasteiger partial charge in [-0.1, -0.05) is 43.3 Å². The van der Waals surface area contributed by atoms with E-state index >= 15 is 0 Å². The number of carbonyl (C=O) groups excluding carboxylic acids is 2. The maximum Gasteiger partial charge on any atom is 0.412 e. The van der Waals surface area contributed by atoms with Gasteiger partial charge in [0.25, 0.3) is 5.91 Å². The second-order valence-electron chi connectivity index (χ2n) is 7.43. The van der Waals surface area contributed by atoms with E-state index in [1.165, 1.54) is 17.6 Å². The number of carbonyl (C=O) groups is 2. The molecule has 1 heterocycles. The van der Waals surface area contributed by atoms with Gasteiger partial charge in [-0.3, -0.25) is 15.3 Å². The van der Waals surface area contributed by atoms with E-state index in [0.29, 0.717) is 33.5 Å². The summed E-state index contributed by atoms with van der Waals surface area (Å²) in [4.78, 5) is 24.3. The number of ether oxygens (including phenoxy) is 3. The van der Waals surface area contributed by atoms with E-state index in [4.69, 9.17) is 19.4 Å². The second kappa shape index (κ2) is 9.49. The van der Waals surface area contributed by atoms with Crippen molar-refractivity contribution in [2.24, 2.45) is 5.92 Å². The van der Waals surface area contributed by atoms with Crippen LogP contribution >= 0.6 is 0 Å². The Morgan fingerprint density at radius 1 is 1.06 bits per heavy atom. The van der Waals surface area contributed by atoms with Gasteiger partial charge in [-0.25, -0.2) is 10.3 Å². The molecule has 3 aromatic carbocycles. The summed E-state index contributed by atoms with van der Waals surface area (Å²) in [6.07, 6.45) is 1.14. The van der Waals surface area contributed by atoms with Crippen LogP contribution in [0.5, 0.6) is 17.2 Å². The van der Waals surface area contributed by atoms with Gasteiger partial charge in [0, 0.05) is 34.7 Å². The van der Waals surface area contributed by atoms with E-state index in [2.05, 4.69) is 5.32 Å². The first kappa shape index (κ1) is 22.0. The topological polar surface area (TPSA) is 126 Å². The van der Waals surface area contributed by atoms with Crippen LogP contribution in [0.1, 0.15) is 18.6 Å². The van der Waals surface area contributed by atoms with Gasteiger partial charge >= 0.3 is 6.09 Å². The highest BCUT2D eigenvalue weighted by Gasteiger charge is 2.25. The first-order valence-electron chi connectivity index (χ1n) is 10.2. The molecule has 0 spiro atoms. The molecule has 4 rings (SSSR count). The van der Waals surface area contributed by atoms with E-state index < -0.39 is 24.0 Å². The average molecular weight is 450 g/mol. The molecule has 9 heteroatoms. The molecule has 0 saturated heterocycles. The minimum atomic E-state index is -0.813. The Morgan fingerprint density at radius 3 is 2.61 bits per heavy atom. The third kappa shape index (κ3) is 4.83. The molecular formula is C24H22N2O7. The van der Waals surface area contributed by atoms with E-state index in [0.717, 1.165) is 6.08 Å². The van der Waals surface area contributed by atoms with Crippen LogP contribution in [0.4, 0.5) is 10.5 Å². The molecule has 170 valence electrons. The van der Waals surface area contributed by atoms with Gasteiger partial charge in [0.05, 0.1) is 0 Å². The molecule has 1 aliphatic heterocycles. The summed E-state index contributed by atoms with van der Waals surface area (Å²) in [5.41, 5.74) is 2.63. The Kier molecular flexibility index (Phi) is 6.32. The van der Waals surface area contributed by atoms with Crippen LogP contribution < -0.4 is 20.3 Å². The van der Waals surface area contributed by atoms with Crippen molar-refractivity contribution in [3.05, 3.63) is 72.3 Å². The van der Waals surface area contributed by atoms with Gasteiger partial charge in [-0.2, -0.15) is 0 Å². The molecule has 0 bridgehead atoms. The van der Waals surface area contributed by atoms with E-state index in [1.54, 1.807) is 43.3 Å². The maximum atomic E-state index is 12.8. The number of aromatic hydroxyl groups is 1. The molecule has 0 unspecified atom stereocenters. The number of phenolic OH excluding ortho intramolecular Hbond substituents is 1. The van der Waals surface area contributed by atoms with Crippen molar-refractivity contribution in [3.63, 3.8) is 0 Å². The molecule has 9 nitrogen and oxygen atoms in total. The molecule has 0 saturated carbocycles. The summed E-state index contributed by atoms with van der Waals surface area (Å²) in [6.45, 7) is 1.88. The number of fused-ring (bicyclic) bond motifs is 2. The van der Waals surface area contributed by atoms with Crippen molar-refractivity contribution in [1.29, 1.82) is 0 Å². The SMILES string of the molecule is C[C@@H](/C=C/C(=O)NO)[C@H](OC(=O)Nc1ccc2c(c1)OCO2)c1ccc(O)c2ccccc12. The normalized spacial score (nSPS) is 14.1. The first-order valence-corrected chi connectivity index (χ1v) is 10.2. The third-order valence-corrected chi connectivity index (χ3v) is 5.23. The average Bonchev–Trinajstić information content (AvgIpc) is 3.29. The van der Waals surface area contributed by atoms with Gasteiger partial charge in [-0.05, 0) is 23.6 Å². The molecule has 0 fully saturated rings. The number of phenols is 1. The highest BCUT2D eigenvalue weighted by Crippen LogP contribution is 2.37. The Balaban J connectivity index is 1.63. The molecular weight excluding hydrogens is 428 g/mol. The Morgan fingerprint density at radius 2 is 1.82 bits per heavy atom. The molecule has 3 aromatic rings. The number of benzene rings is 3. The van der Waals surface area contributed by atoms with Crippen LogP contribution in [0, 0.1) is 5.92 Å². The molecule has 33 heavy (non-hydrogen) atoms. The number of nitrogens with one attached hydrogen (secondary N) is 2. The number of amides is 2. The summed E-state index contributed by atoms with van der Waals surface area (Å²) in [6, 6.07) is 15.4. The highest BCUT2D eigenvalue weighted by molar-refractivity contribution is 5.92. The Hall–Kier alpha value is -4.24. The Labute approximate surface area is 189 Å². The zero-order chi connectivity index (χ0) is 23.4. The van der Waals surface area contributed by atoms with Crippen LogP contribution in [0.2, 0.25) is 0 Å². The number of anilines is 1. The van der Waals surface area contributed by atoms with Crippen molar-refractivity contribution < 1.29 is 34.1 Å². The summed E-state index contributed by atoms with van der Waals surface area (Å²) >= 11 is 0. The number of hydrogen-bond acceptors (Lipinski definition) is 7. The molecule has 0 aromatic heterocycles. The van der Waals surface area contributed by atoms with Gasteiger partial charge in [0.1, 0.15) is 11.9 Å². The lowest BCUT2D eigenvalue weighted by Crippen LogP contribution is -2.22. The molecule has 2 atom stereocenters. The van der Waals surface area contributed by atoms with Crippen molar-refractivity contribution in [2.45, 2.75) is 13.0 Å². The predicted octanol–water partition coefficient (Wildman–Crippen LogP) is 4.26. The number of hydrogen-bond donors (Lipinski definition) is 4. The van der Waals surface area contributed by atoms with E-state index in [9.17, 15) is 14.7 Å². The van der Waals surface area contributed by atoms with E-state index in [-0.39, 0.29) is 12.5 Å². The lowest BCUT2D eigenvalue weighted by molar-refractivity contribution is -0.124. The molecule has 2 amide bonds. The standard InChI is InChI=1S/C24H22N2O7/c1-14(6-11-22(28)26-30)23(18-8-9-19(27)17-5-3-2-4-16(17)18)33-24(29)25-15-7-10-20-21(12-15)32-13-31-20/h2-12,14,23,27,30H,13H2,1H3,(H,25,29)(H,26,28)/b11-6+/t14-,23-/m0/s1. The molecule has 0 aliphatic carbocycles. The Bertz CT molecular complexity index is 1220. The maximum absolute atomic E-state index is 12.8. The van der Waals surface area contributed by atoms with Crippen LogP contribution in [-0.4, -0.2) is 29.1 Å². The monoisotopic (exact) mass is 450 g/mol. The van der Waals surface area contributed by atoms with Crippen molar-refractivity contribution in [1.82, 2.24) is 5.48 Å². The van der Waals surface area contributed by atoms with Gasteiger partial charge in [0.15, 0.2) is 11.5 Å². The van der Waals surface area contributed by atoms with Crippen molar-refractivity contribution in [2.75, 3.05) is 12.1 Å². The highest BCUT2D eigenvalue weighted by atomic mass is 16.7. The fourth-order valence-electron chi connectivity index (χ4n) is 3.62. The van der Waals surface area contributed by atoms with Crippen LogP contribution in [0.25, 0.3) is 10.8 Å². The molecule has 0 radical (unpaired) electrons. The lowest BCUT2D eigenvalue weighted by Gasteiger charge is -2.24. The minimum Gasteiger partial charge on any atom is -0.507 e.